The van der Waals surface area contributed by atoms with Gasteiger partial charge in [0.1, 0.15) is 11.5 Å². The zero-order valence-corrected chi connectivity index (χ0v) is 10.5. The zero-order valence-electron chi connectivity index (χ0n) is 10.5. The lowest BCUT2D eigenvalue weighted by molar-refractivity contribution is 0.470. The average Bonchev–Trinajstić information content (AvgIpc) is 2.84. The van der Waals surface area contributed by atoms with Gasteiger partial charge >= 0.3 is 0 Å². The Morgan fingerprint density at radius 1 is 1.56 bits per heavy atom. The minimum Gasteiger partial charge on any atom is -0.466 e. The molecule has 0 aliphatic carbocycles. The first-order valence-electron chi connectivity index (χ1n) is 6.20. The Hall–Kier alpha value is -0.800. The second-order valence-corrected chi connectivity index (χ2v) is 4.79. The van der Waals surface area contributed by atoms with Gasteiger partial charge < -0.3 is 15.1 Å². The molecule has 90 valence electrons. The highest BCUT2D eigenvalue weighted by Crippen LogP contribution is 2.21. The summed E-state index contributed by atoms with van der Waals surface area (Å²) in [5.74, 6) is 2.04. The molecule has 2 N–H and O–H groups in total. The van der Waals surface area contributed by atoms with E-state index in [-0.39, 0.29) is 0 Å². The van der Waals surface area contributed by atoms with E-state index < -0.39 is 0 Å². The molecule has 0 amide bonds. The molecule has 1 aromatic heterocycles. The first kappa shape index (κ1) is 11.7. The SMILES string of the molecule is Cc1cc(C(C)NCC2CCCN2)c(C)o1. The lowest BCUT2D eigenvalue weighted by Crippen LogP contribution is -2.35. The minimum absolute atomic E-state index is 0.375. The van der Waals surface area contributed by atoms with E-state index in [0.29, 0.717) is 12.1 Å². The molecule has 3 heteroatoms. The van der Waals surface area contributed by atoms with Crippen LogP contribution in [0.2, 0.25) is 0 Å². The zero-order chi connectivity index (χ0) is 11.5. The largest absolute Gasteiger partial charge is 0.466 e. The van der Waals surface area contributed by atoms with Crippen LogP contribution in [0.15, 0.2) is 10.5 Å². The van der Waals surface area contributed by atoms with Gasteiger partial charge in [0.2, 0.25) is 0 Å². The van der Waals surface area contributed by atoms with Gasteiger partial charge in [-0.3, -0.25) is 0 Å². The van der Waals surface area contributed by atoms with Crippen molar-refractivity contribution in [3.63, 3.8) is 0 Å². The number of hydrogen-bond donors (Lipinski definition) is 2. The van der Waals surface area contributed by atoms with Gasteiger partial charge in [-0.15, -0.1) is 0 Å². The molecule has 0 saturated carbocycles. The highest BCUT2D eigenvalue weighted by atomic mass is 16.3. The van der Waals surface area contributed by atoms with Crippen LogP contribution in [0, 0.1) is 13.8 Å². The minimum atomic E-state index is 0.375. The van der Waals surface area contributed by atoms with Crippen molar-refractivity contribution >= 4 is 0 Å². The Morgan fingerprint density at radius 2 is 2.38 bits per heavy atom. The summed E-state index contributed by atoms with van der Waals surface area (Å²) in [4.78, 5) is 0. The van der Waals surface area contributed by atoms with E-state index in [1.165, 1.54) is 24.9 Å². The predicted molar refractivity (Wildman–Crippen MR) is 65.6 cm³/mol. The average molecular weight is 222 g/mol. The number of nitrogens with one attached hydrogen (secondary N) is 2. The Morgan fingerprint density at radius 3 is 2.94 bits per heavy atom. The fraction of sp³-hybridized carbons (Fsp3) is 0.692. The summed E-state index contributed by atoms with van der Waals surface area (Å²) < 4.78 is 5.55. The van der Waals surface area contributed by atoms with Gasteiger partial charge in [0, 0.05) is 24.2 Å². The molecule has 0 bridgehead atoms. The third-order valence-corrected chi connectivity index (χ3v) is 3.38. The van der Waals surface area contributed by atoms with Gasteiger partial charge in [-0.2, -0.15) is 0 Å². The maximum absolute atomic E-state index is 5.55. The van der Waals surface area contributed by atoms with Crippen LogP contribution in [-0.4, -0.2) is 19.1 Å². The van der Waals surface area contributed by atoms with Crippen molar-refractivity contribution in [3.05, 3.63) is 23.2 Å². The van der Waals surface area contributed by atoms with Crippen molar-refractivity contribution in [2.24, 2.45) is 0 Å². The van der Waals surface area contributed by atoms with E-state index >= 15 is 0 Å². The van der Waals surface area contributed by atoms with E-state index in [2.05, 4.69) is 23.6 Å². The summed E-state index contributed by atoms with van der Waals surface area (Å²) >= 11 is 0. The van der Waals surface area contributed by atoms with Gasteiger partial charge in [-0.25, -0.2) is 0 Å². The predicted octanol–water partition coefficient (Wildman–Crippen LogP) is 2.30. The van der Waals surface area contributed by atoms with Crippen LogP contribution in [0.3, 0.4) is 0 Å². The quantitative estimate of drug-likeness (QED) is 0.821. The van der Waals surface area contributed by atoms with Gasteiger partial charge in [0.25, 0.3) is 0 Å². The number of rotatable bonds is 4. The standard InChI is InChI=1S/C13H22N2O/c1-9-7-13(11(3)16-9)10(2)15-8-12-5-4-6-14-12/h7,10,12,14-15H,4-6,8H2,1-3H3. The topological polar surface area (TPSA) is 37.2 Å². The third-order valence-electron chi connectivity index (χ3n) is 3.38. The van der Waals surface area contributed by atoms with Crippen LogP contribution in [0.4, 0.5) is 0 Å². The monoisotopic (exact) mass is 222 g/mol. The number of aryl methyl sites for hydroxylation is 2. The molecule has 1 aliphatic rings. The van der Waals surface area contributed by atoms with E-state index in [1.54, 1.807) is 0 Å². The van der Waals surface area contributed by atoms with Crippen molar-refractivity contribution < 1.29 is 4.42 Å². The maximum Gasteiger partial charge on any atom is 0.105 e. The second-order valence-electron chi connectivity index (χ2n) is 4.79. The summed E-state index contributed by atoms with van der Waals surface area (Å²) in [6, 6.07) is 3.16. The molecule has 0 spiro atoms. The van der Waals surface area contributed by atoms with E-state index in [0.717, 1.165) is 18.1 Å². The molecule has 2 rings (SSSR count). The van der Waals surface area contributed by atoms with Crippen molar-refractivity contribution in [1.82, 2.24) is 10.6 Å². The van der Waals surface area contributed by atoms with E-state index in [9.17, 15) is 0 Å². The highest BCUT2D eigenvalue weighted by Gasteiger charge is 2.17. The summed E-state index contributed by atoms with van der Waals surface area (Å²) in [6.07, 6.45) is 2.60. The molecule has 0 radical (unpaired) electrons. The number of furan rings is 1. The molecular formula is C13H22N2O. The van der Waals surface area contributed by atoms with Crippen LogP contribution < -0.4 is 10.6 Å². The van der Waals surface area contributed by atoms with Crippen molar-refractivity contribution in [3.8, 4) is 0 Å². The molecule has 1 fully saturated rings. The van der Waals surface area contributed by atoms with Crippen molar-refractivity contribution in [1.29, 1.82) is 0 Å². The van der Waals surface area contributed by atoms with Crippen molar-refractivity contribution in [2.45, 2.75) is 45.7 Å². The second kappa shape index (κ2) is 5.02. The third kappa shape index (κ3) is 2.66. The Bertz CT molecular complexity index is 340. The molecule has 1 aromatic rings. The normalized spacial score (nSPS) is 22.6. The van der Waals surface area contributed by atoms with E-state index in [4.69, 9.17) is 4.42 Å². The Kier molecular flexibility index (Phi) is 3.66. The highest BCUT2D eigenvalue weighted by molar-refractivity contribution is 5.23. The molecule has 1 aliphatic heterocycles. The van der Waals surface area contributed by atoms with Gasteiger partial charge in [-0.05, 0) is 46.2 Å². The van der Waals surface area contributed by atoms with Crippen LogP contribution in [-0.2, 0) is 0 Å². The molecule has 16 heavy (non-hydrogen) atoms. The summed E-state index contributed by atoms with van der Waals surface area (Å²) in [6.45, 7) is 8.46. The molecule has 2 unspecified atom stereocenters. The Labute approximate surface area is 97.6 Å². The van der Waals surface area contributed by atoms with Gasteiger partial charge in [0.05, 0.1) is 0 Å². The van der Waals surface area contributed by atoms with Gasteiger partial charge in [-0.1, -0.05) is 0 Å². The van der Waals surface area contributed by atoms with Crippen LogP contribution in [0.25, 0.3) is 0 Å². The number of hydrogen-bond acceptors (Lipinski definition) is 3. The molecule has 3 nitrogen and oxygen atoms in total. The fourth-order valence-corrected chi connectivity index (χ4v) is 2.44. The fourth-order valence-electron chi connectivity index (χ4n) is 2.44. The molecule has 1 saturated heterocycles. The maximum atomic E-state index is 5.55. The summed E-state index contributed by atoms with van der Waals surface area (Å²) in [7, 11) is 0. The molecule has 2 atom stereocenters. The first-order chi connectivity index (χ1) is 7.66. The van der Waals surface area contributed by atoms with Gasteiger partial charge in [0.15, 0.2) is 0 Å². The van der Waals surface area contributed by atoms with Crippen LogP contribution in [0.5, 0.6) is 0 Å². The summed E-state index contributed by atoms with van der Waals surface area (Å²) in [5.41, 5.74) is 1.29. The van der Waals surface area contributed by atoms with Crippen molar-refractivity contribution in [2.75, 3.05) is 13.1 Å². The molecule has 2 heterocycles. The van der Waals surface area contributed by atoms with Crippen LogP contribution >= 0.6 is 0 Å². The lowest BCUT2D eigenvalue weighted by atomic mass is 10.1. The Balaban J connectivity index is 1.87. The molecule has 0 aromatic carbocycles. The smallest absolute Gasteiger partial charge is 0.105 e. The molecular weight excluding hydrogens is 200 g/mol. The van der Waals surface area contributed by atoms with Crippen LogP contribution in [0.1, 0.15) is 42.9 Å². The van der Waals surface area contributed by atoms with E-state index in [1.807, 2.05) is 13.8 Å². The summed E-state index contributed by atoms with van der Waals surface area (Å²) in [5, 5.41) is 7.07. The first-order valence-corrected chi connectivity index (χ1v) is 6.20. The lowest BCUT2D eigenvalue weighted by Gasteiger charge is -2.17.